The largest absolute Gasteiger partial charge is 0.377 e. The molecule has 1 aromatic heterocycles. The minimum Gasteiger partial charge on any atom is -0.377 e. The molecule has 0 aliphatic heterocycles. The third kappa shape index (κ3) is 3.44. The van der Waals surface area contributed by atoms with Crippen molar-refractivity contribution in [3.8, 4) is 0 Å². The van der Waals surface area contributed by atoms with E-state index in [2.05, 4.69) is 11.5 Å². The Bertz CT molecular complexity index is 224. The van der Waals surface area contributed by atoms with Gasteiger partial charge < -0.3 is 4.74 Å². The number of thiophene rings is 1. The third-order valence-electron chi connectivity index (χ3n) is 1.68. The predicted octanol–water partition coefficient (Wildman–Crippen LogP) is 1.68. The molecule has 4 heteroatoms. The Kier molecular flexibility index (Phi) is 4.38. The summed E-state index contributed by atoms with van der Waals surface area (Å²) >= 11 is 1.68. The van der Waals surface area contributed by atoms with Gasteiger partial charge in [0.05, 0.1) is 18.8 Å². The molecule has 0 amide bonds. The Hall–Kier alpha value is -0.420. The second kappa shape index (κ2) is 5.34. The lowest BCUT2D eigenvalue weighted by Crippen LogP contribution is -2.31. The molecule has 1 unspecified atom stereocenters. The van der Waals surface area contributed by atoms with Gasteiger partial charge in [-0.3, -0.25) is 5.84 Å². The Morgan fingerprint density at radius 2 is 2.38 bits per heavy atom. The molecule has 0 bridgehead atoms. The van der Waals surface area contributed by atoms with Crippen molar-refractivity contribution in [2.45, 2.75) is 26.0 Å². The van der Waals surface area contributed by atoms with Crippen LogP contribution in [0, 0.1) is 0 Å². The van der Waals surface area contributed by atoms with E-state index in [1.807, 2.05) is 25.3 Å². The molecular formula is C9H16N2OS. The minimum atomic E-state index is 0.113. The number of hydrazine groups is 1. The Morgan fingerprint density at radius 1 is 1.62 bits per heavy atom. The molecule has 13 heavy (non-hydrogen) atoms. The molecule has 0 saturated heterocycles. The highest BCUT2D eigenvalue weighted by Gasteiger charge is 2.10. The summed E-state index contributed by atoms with van der Waals surface area (Å²) in [5, 5.41) is 2.04. The van der Waals surface area contributed by atoms with Crippen LogP contribution < -0.4 is 11.3 Å². The van der Waals surface area contributed by atoms with E-state index in [-0.39, 0.29) is 12.1 Å². The topological polar surface area (TPSA) is 47.3 Å². The highest BCUT2D eigenvalue weighted by atomic mass is 32.1. The number of ether oxygens (including phenoxy) is 1. The zero-order valence-corrected chi connectivity index (χ0v) is 8.80. The van der Waals surface area contributed by atoms with Crippen molar-refractivity contribution in [3.63, 3.8) is 0 Å². The highest BCUT2D eigenvalue weighted by Crippen LogP contribution is 2.18. The van der Waals surface area contributed by atoms with Crippen LogP contribution in [0.5, 0.6) is 0 Å². The molecular weight excluding hydrogens is 184 g/mol. The van der Waals surface area contributed by atoms with E-state index in [9.17, 15) is 0 Å². The first-order valence-corrected chi connectivity index (χ1v) is 5.23. The molecule has 0 saturated carbocycles. The van der Waals surface area contributed by atoms with Crippen molar-refractivity contribution < 1.29 is 4.74 Å². The number of rotatable bonds is 5. The molecule has 1 atom stereocenters. The second-order valence-corrected chi connectivity index (χ2v) is 4.10. The zero-order valence-electron chi connectivity index (χ0n) is 7.99. The van der Waals surface area contributed by atoms with Gasteiger partial charge in [0, 0.05) is 4.88 Å². The fourth-order valence-electron chi connectivity index (χ4n) is 0.991. The first-order chi connectivity index (χ1) is 6.24. The fraction of sp³-hybridized carbons (Fsp3) is 0.556. The van der Waals surface area contributed by atoms with Gasteiger partial charge in [0.2, 0.25) is 0 Å². The van der Waals surface area contributed by atoms with Gasteiger partial charge in [0.1, 0.15) is 0 Å². The summed E-state index contributed by atoms with van der Waals surface area (Å²) in [6.07, 6.45) is 0.246. The van der Waals surface area contributed by atoms with Crippen LogP contribution in [0.1, 0.15) is 24.8 Å². The average molecular weight is 200 g/mol. The Balaban J connectivity index is 2.44. The van der Waals surface area contributed by atoms with Gasteiger partial charge in [-0.1, -0.05) is 6.07 Å². The molecule has 1 heterocycles. The van der Waals surface area contributed by atoms with E-state index in [1.165, 1.54) is 4.88 Å². The van der Waals surface area contributed by atoms with Crippen LogP contribution in [0.4, 0.5) is 0 Å². The van der Waals surface area contributed by atoms with Gasteiger partial charge in [-0.15, -0.1) is 11.3 Å². The van der Waals surface area contributed by atoms with Crippen molar-refractivity contribution in [3.05, 3.63) is 22.4 Å². The molecule has 3 N–H and O–H groups in total. The van der Waals surface area contributed by atoms with E-state index in [0.29, 0.717) is 6.61 Å². The normalized spacial score (nSPS) is 13.5. The molecule has 0 aliphatic carbocycles. The number of nitrogens with one attached hydrogen (secondary N) is 1. The van der Waals surface area contributed by atoms with Gasteiger partial charge in [0.15, 0.2) is 0 Å². The van der Waals surface area contributed by atoms with Crippen molar-refractivity contribution >= 4 is 11.3 Å². The van der Waals surface area contributed by atoms with Gasteiger partial charge in [0.25, 0.3) is 0 Å². The van der Waals surface area contributed by atoms with Gasteiger partial charge >= 0.3 is 0 Å². The Morgan fingerprint density at radius 3 is 2.85 bits per heavy atom. The van der Waals surface area contributed by atoms with E-state index >= 15 is 0 Å². The summed E-state index contributed by atoms with van der Waals surface area (Å²) in [5.41, 5.74) is 2.75. The monoisotopic (exact) mass is 200 g/mol. The molecule has 0 aromatic carbocycles. The van der Waals surface area contributed by atoms with Crippen LogP contribution in [-0.2, 0) is 4.74 Å². The van der Waals surface area contributed by atoms with Crippen molar-refractivity contribution in [1.29, 1.82) is 0 Å². The average Bonchev–Trinajstić information content (AvgIpc) is 2.58. The molecule has 0 spiro atoms. The smallest absolute Gasteiger partial charge is 0.0786 e. The van der Waals surface area contributed by atoms with Gasteiger partial charge in [-0.25, -0.2) is 5.43 Å². The molecule has 1 aromatic rings. The van der Waals surface area contributed by atoms with Crippen LogP contribution in [0.15, 0.2) is 17.5 Å². The van der Waals surface area contributed by atoms with Crippen LogP contribution >= 0.6 is 11.3 Å². The summed E-state index contributed by atoms with van der Waals surface area (Å²) in [6.45, 7) is 4.65. The van der Waals surface area contributed by atoms with Crippen LogP contribution in [-0.4, -0.2) is 12.7 Å². The van der Waals surface area contributed by atoms with Crippen LogP contribution in [0.2, 0.25) is 0 Å². The SMILES string of the molecule is CC(C)OCC(NN)c1cccs1. The summed E-state index contributed by atoms with van der Waals surface area (Å²) in [5.74, 6) is 5.43. The van der Waals surface area contributed by atoms with Crippen LogP contribution in [0.25, 0.3) is 0 Å². The maximum absolute atomic E-state index is 5.48. The maximum Gasteiger partial charge on any atom is 0.0786 e. The zero-order chi connectivity index (χ0) is 9.68. The molecule has 0 radical (unpaired) electrons. The lowest BCUT2D eigenvalue weighted by molar-refractivity contribution is 0.0618. The fourth-order valence-corrected chi connectivity index (χ4v) is 1.76. The lowest BCUT2D eigenvalue weighted by Gasteiger charge is -2.16. The first-order valence-electron chi connectivity index (χ1n) is 4.35. The van der Waals surface area contributed by atoms with E-state index in [1.54, 1.807) is 11.3 Å². The molecule has 0 fully saturated rings. The van der Waals surface area contributed by atoms with Crippen molar-refractivity contribution in [2.75, 3.05) is 6.61 Å². The summed E-state index contributed by atoms with van der Waals surface area (Å²) < 4.78 is 5.48. The molecule has 1 rings (SSSR count). The predicted molar refractivity (Wildman–Crippen MR) is 55.5 cm³/mol. The van der Waals surface area contributed by atoms with Gasteiger partial charge in [-0.05, 0) is 25.3 Å². The highest BCUT2D eigenvalue weighted by molar-refractivity contribution is 7.10. The summed E-state index contributed by atoms with van der Waals surface area (Å²) in [7, 11) is 0. The number of hydrogen-bond donors (Lipinski definition) is 2. The van der Waals surface area contributed by atoms with E-state index in [4.69, 9.17) is 10.6 Å². The molecule has 3 nitrogen and oxygen atoms in total. The van der Waals surface area contributed by atoms with E-state index < -0.39 is 0 Å². The standard InChI is InChI=1S/C9H16N2OS/c1-7(2)12-6-8(11-10)9-4-3-5-13-9/h3-5,7-8,11H,6,10H2,1-2H3. The summed E-state index contributed by atoms with van der Waals surface area (Å²) in [4.78, 5) is 1.21. The van der Waals surface area contributed by atoms with Crippen molar-refractivity contribution in [2.24, 2.45) is 5.84 Å². The van der Waals surface area contributed by atoms with Crippen molar-refractivity contribution in [1.82, 2.24) is 5.43 Å². The van der Waals surface area contributed by atoms with Crippen LogP contribution in [0.3, 0.4) is 0 Å². The Labute approximate surface area is 82.9 Å². The third-order valence-corrected chi connectivity index (χ3v) is 2.67. The molecule has 74 valence electrons. The number of nitrogens with two attached hydrogens (primary N) is 1. The second-order valence-electron chi connectivity index (χ2n) is 3.12. The quantitative estimate of drug-likeness (QED) is 0.561. The first kappa shape index (κ1) is 10.7. The minimum absolute atomic E-state index is 0.113. The van der Waals surface area contributed by atoms with Gasteiger partial charge in [-0.2, -0.15) is 0 Å². The lowest BCUT2D eigenvalue weighted by atomic mass is 10.2. The molecule has 0 aliphatic rings. The van der Waals surface area contributed by atoms with E-state index in [0.717, 1.165) is 0 Å². The maximum atomic E-state index is 5.48. The number of hydrogen-bond acceptors (Lipinski definition) is 4. The summed E-state index contributed by atoms with van der Waals surface area (Å²) in [6, 6.07) is 4.18.